The molecule has 2 N–H and O–H groups in total. The van der Waals surface area contributed by atoms with Crippen LogP contribution >= 0.6 is 11.3 Å². The van der Waals surface area contributed by atoms with Crippen molar-refractivity contribution in [3.05, 3.63) is 70.2 Å². The standard InChI is InChI=1S/C19H14N4O3S/c1-11-9-20-18-14(17(24)15-6-3-7-27-15)10-21-23(18)16(11)12-4-2-5-13(8-12)22-19(25)26/h2-10,22H,1H3,(H,25,26). The molecule has 0 aliphatic rings. The molecule has 3 aromatic heterocycles. The lowest BCUT2D eigenvalue weighted by Gasteiger charge is -2.10. The number of rotatable bonds is 4. The predicted molar refractivity (Wildman–Crippen MR) is 103 cm³/mol. The molecule has 4 rings (SSSR count). The molecule has 1 amide bonds. The molecule has 0 saturated heterocycles. The molecule has 0 unspecified atom stereocenters. The number of carbonyl (C=O) groups is 2. The van der Waals surface area contributed by atoms with E-state index >= 15 is 0 Å². The Labute approximate surface area is 157 Å². The number of aryl methyl sites for hydroxylation is 1. The van der Waals surface area contributed by atoms with E-state index in [0.29, 0.717) is 21.8 Å². The number of fused-ring (bicyclic) bond motifs is 1. The number of aromatic nitrogens is 3. The predicted octanol–water partition coefficient (Wildman–Crippen LogP) is 4.09. The van der Waals surface area contributed by atoms with Gasteiger partial charge in [-0.2, -0.15) is 5.10 Å². The molecular formula is C19H14N4O3S. The lowest BCUT2D eigenvalue weighted by molar-refractivity contribution is 0.104. The molecule has 4 aromatic rings. The fraction of sp³-hybridized carbons (Fsp3) is 0.0526. The van der Waals surface area contributed by atoms with Gasteiger partial charge >= 0.3 is 6.09 Å². The monoisotopic (exact) mass is 378 g/mol. The Kier molecular flexibility index (Phi) is 4.17. The molecule has 0 aliphatic heterocycles. The number of nitrogens with one attached hydrogen (secondary N) is 1. The Morgan fingerprint density at radius 3 is 2.78 bits per heavy atom. The second-order valence-electron chi connectivity index (χ2n) is 5.90. The highest BCUT2D eigenvalue weighted by Crippen LogP contribution is 2.28. The van der Waals surface area contributed by atoms with E-state index in [9.17, 15) is 9.59 Å². The van der Waals surface area contributed by atoms with Crippen molar-refractivity contribution in [1.82, 2.24) is 14.6 Å². The van der Waals surface area contributed by atoms with Crippen LogP contribution in [0, 0.1) is 6.92 Å². The molecule has 27 heavy (non-hydrogen) atoms. The Balaban J connectivity index is 1.86. The third-order valence-electron chi connectivity index (χ3n) is 4.09. The van der Waals surface area contributed by atoms with Crippen LogP contribution in [-0.4, -0.2) is 31.6 Å². The maximum Gasteiger partial charge on any atom is 0.409 e. The summed E-state index contributed by atoms with van der Waals surface area (Å²) in [4.78, 5) is 28.7. The van der Waals surface area contributed by atoms with Crippen molar-refractivity contribution < 1.29 is 14.7 Å². The highest BCUT2D eigenvalue weighted by Gasteiger charge is 2.19. The van der Waals surface area contributed by atoms with E-state index in [1.807, 2.05) is 24.4 Å². The lowest BCUT2D eigenvalue weighted by Crippen LogP contribution is -2.07. The van der Waals surface area contributed by atoms with Gasteiger partial charge in [0.15, 0.2) is 5.65 Å². The third-order valence-corrected chi connectivity index (χ3v) is 4.96. The maximum atomic E-state index is 12.7. The zero-order valence-electron chi connectivity index (χ0n) is 14.2. The van der Waals surface area contributed by atoms with Crippen molar-refractivity contribution in [1.29, 1.82) is 0 Å². The highest BCUT2D eigenvalue weighted by atomic mass is 32.1. The Hall–Kier alpha value is -3.52. The number of hydrogen-bond acceptors (Lipinski definition) is 5. The molecule has 8 heteroatoms. The first-order valence-corrected chi connectivity index (χ1v) is 8.94. The lowest BCUT2D eigenvalue weighted by atomic mass is 10.1. The van der Waals surface area contributed by atoms with Gasteiger partial charge in [0.2, 0.25) is 5.78 Å². The Morgan fingerprint density at radius 2 is 2.04 bits per heavy atom. The summed E-state index contributed by atoms with van der Waals surface area (Å²) in [6, 6.07) is 10.6. The topological polar surface area (TPSA) is 96.6 Å². The van der Waals surface area contributed by atoms with E-state index in [1.54, 1.807) is 35.0 Å². The Bertz CT molecular complexity index is 1170. The van der Waals surface area contributed by atoms with Gasteiger partial charge in [0.05, 0.1) is 22.3 Å². The summed E-state index contributed by atoms with van der Waals surface area (Å²) >= 11 is 1.37. The second kappa shape index (κ2) is 6.65. The van der Waals surface area contributed by atoms with Crippen molar-refractivity contribution >= 4 is 34.5 Å². The molecule has 0 spiro atoms. The minimum Gasteiger partial charge on any atom is -0.465 e. The van der Waals surface area contributed by atoms with Gasteiger partial charge in [0, 0.05) is 17.4 Å². The summed E-state index contributed by atoms with van der Waals surface area (Å²) in [5, 5.41) is 17.5. The van der Waals surface area contributed by atoms with Gasteiger partial charge in [-0.15, -0.1) is 11.3 Å². The Morgan fingerprint density at radius 1 is 1.19 bits per heavy atom. The molecule has 1 aromatic carbocycles. The molecule has 0 aliphatic carbocycles. The van der Waals surface area contributed by atoms with Crippen LogP contribution in [0.3, 0.4) is 0 Å². The summed E-state index contributed by atoms with van der Waals surface area (Å²) in [7, 11) is 0. The first kappa shape index (κ1) is 16.9. The fourth-order valence-electron chi connectivity index (χ4n) is 2.93. The molecular weight excluding hydrogens is 364 g/mol. The van der Waals surface area contributed by atoms with Gasteiger partial charge in [0.25, 0.3) is 0 Å². The van der Waals surface area contributed by atoms with Crippen molar-refractivity contribution in [2.45, 2.75) is 6.92 Å². The number of anilines is 1. The molecule has 7 nitrogen and oxygen atoms in total. The van der Waals surface area contributed by atoms with Crippen LogP contribution in [0.5, 0.6) is 0 Å². The number of benzene rings is 1. The summed E-state index contributed by atoms with van der Waals surface area (Å²) in [5.74, 6) is -0.122. The van der Waals surface area contributed by atoms with E-state index in [0.717, 1.165) is 16.8 Å². The summed E-state index contributed by atoms with van der Waals surface area (Å²) in [5.41, 5.74) is 3.72. The number of amides is 1. The minimum atomic E-state index is -1.13. The molecule has 0 atom stereocenters. The van der Waals surface area contributed by atoms with Crippen LogP contribution in [0.1, 0.15) is 20.8 Å². The molecule has 0 radical (unpaired) electrons. The summed E-state index contributed by atoms with van der Waals surface area (Å²) in [6.07, 6.45) is 2.08. The van der Waals surface area contributed by atoms with E-state index < -0.39 is 6.09 Å². The van der Waals surface area contributed by atoms with Gasteiger partial charge < -0.3 is 5.11 Å². The molecule has 0 saturated carbocycles. The van der Waals surface area contributed by atoms with Crippen LogP contribution in [0.4, 0.5) is 10.5 Å². The summed E-state index contributed by atoms with van der Waals surface area (Å²) < 4.78 is 1.62. The smallest absolute Gasteiger partial charge is 0.409 e. The van der Waals surface area contributed by atoms with Crippen molar-refractivity contribution in [3.63, 3.8) is 0 Å². The highest BCUT2D eigenvalue weighted by molar-refractivity contribution is 7.12. The van der Waals surface area contributed by atoms with E-state index in [1.165, 1.54) is 17.5 Å². The van der Waals surface area contributed by atoms with E-state index in [2.05, 4.69) is 15.4 Å². The van der Waals surface area contributed by atoms with Crippen molar-refractivity contribution in [2.24, 2.45) is 0 Å². The number of ketones is 1. The fourth-order valence-corrected chi connectivity index (χ4v) is 3.61. The SMILES string of the molecule is Cc1cnc2c(C(=O)c3cccs3)cnn2c1-c1cccc(NC(=O)O)c1. The molecule has 0 fully saturated rings. The van der Waals surface area contributed by atoms with Crippen LogP contribution < -0.4 is 5.32 Å². The van der Waals surface area contributed by atoms with E-state index in [-0.39, 0.29) is 5.78 Å². The van der Waals surface area contributed by atoms with Crippen molar-refractivity contribution in [3.8, 4) is 11.3 Å². The second-order valence-corrected chi connectivity index (χ2v) is 6.85. The van der Waals surface area contributed by atoms with Gasteiger partial charge in [-0.3, -0.25) is 10.1 Å². The van der Waals surface area contributed by atoms with Crippen LogP contribution in [-0.2, 0) is 0 Å². The van der Waals surface area contributed by atoms with Crippen LogP contribution in [0.15, 0.2) is 54.2 Å². The van der Waals surface area contributed by atoms with Gasteiger partial charge in [-0.05, 0) is 36.1 Å². The average molecular weight is 378 g/mol. The third kappa shape index (κ3) is 3.06. The normalized spacial score (nSPS) is 10.9. The first-order chi connectivity index (χ1) is 13.0. The maximum absolute atomic E-state index is 12.7. The van der Waals surface area contributed by atoms with E-state index in [4.69, 9.17) is 5.11 Å². The number of thiophene rings is 1. The first-order valence-electron chi connectivity index (χ1n) is 8.06. The zero-order chi connectivity index (χ0) is 19.0. The van der Waals surface area contributed by atoms with Gasteiger partial charge in [-0.25, -0.2) is 14.3 Å². The summed E-state index contributed by atoms with van der Waals surface area (Å²) in [6.45, 7) is 1.89. The van der Waals surface area contributed by atoms with Gasteiger partial charge in [-0.1, -0.05) is 18.2 Å². The number of carboxylic acid groups (broad SMARTS) is 1. The quantitative estimate of drug-likeness (QED) is 0.522. The van der Waals surface area contributed by atoms with Crippen LogP contribution in [0.2, 0.25) is 0 Å². The largest absolute Gasteiger partial charge is 0.465 e. The molecule has 0 bridgehead atoms. The van der Waals surface area contributed by atoms with Crippen molar-refractivity contribution in [2.75, 3.05) is 5.32 Å². The number of nitrogens with zero attached hydrogens (tertiary/aromatic N) is 3. The minimum absolute atomic E-state index is 0.122. The van der Waals surface area contributed by atoms with Gasteiger partial charge in [0.1, 0.15) is 0 Å². The number of carbonyl (C=O) groups excluding carboxylic acids is 1. The average Bonchev–Trinajstić information content (AvgIpc) is 3.30. The molecule has 3 heterocycles. The number of hydrogen-bond donors (Lipinski definition) is 2. The van der Waals surface area contributed by atoms with Crippen LogP contribution in [0.25, 0.3) is 16.9 Å². The zero-order valence-corrected chi connectivity index (χ0v) is 15.0. The molecule has 134 valence electrons.